The van der Waals surface area contributed by atoms with Gasteiger partial charge in [0.15, 0.2) is 12.7 Å². The van der Waals surface area contributed by atoms with Crippen LogP contribution in [0.25, 0.3) is 10.9 Å². The zero-order valence-corrected chi connectivity index (χ0v) is 18.7. The number of rotatable bonds is 5. The number of hydrogen-bond acceptors (Lipinski definition) is 6. The minimum Gasteiger partial charge on any atom is -0.477 e. The summed E-state index contributed by atoms with van der Waals surface area (Å²) in [4.78, 5) is 44.2. The van der Waals surface area contributed by atoms with Crippen molar-refractivity contribution in [2.75, 3.05) is 25.1 Å². The van der Waals surface area contributed by atoms with Gasteiger partial charge >= 0.3 is 5.97 Å². The first-order valence-electron chi connectivity index (χ1n) is 10.7. The molecule has 8 heteroatoms. The van der Waals surface area contributed by atoms with Crippen LogP contribution >= 0.6 is 0 Å². The molecule has 170 valence electrons. The van der Waals surface area contributed by atoms with E-state index in [0.29, 0.717) is 27.9 Å². The Morgan fingerprint density at radius 2 is 1.88 bits per heavy atom. The first-order chi connectivity index (χ1) is 15.9. The molecular weight excluding hydrogens is 422 g/mol. The predicted octanol–water partition coefficient (Wildman–Crippen LogP) is 3.06. The third-order valence-corrected chi connectivity index (χ3v) is 5.49. The van der Waals surface area contributed by atoms with Crippen molar-refractivity contribution in [1.82, 2.24) is 10.3 Å². The summed E-state index contributed by atoms with van der Waals surface area (Å²) in [6.45, 7) is 3.53. The fourth-order valence-corrected chi connectivity index (χ4v) is 3.71. The number of fused-ring (bicyclic) bond motifs is 2. The van der Waals surface area contributed by atoms with Crippen molar-refractivity contribution in [2.24, 2.45) is 0 Å². The van der Waals surface area contributed by atoms with Gasteiger partial charge in [-0.25, -0.2) is 4.79 Å². The lowest BCUT2D eigenvalue weighted by atomic mass is 10.0. The van der Waals surface area contributed by atoms with Crippen LogP contribution in [0.2, 0.25) is 0 Å². The summed E-state index contributed by atoms with van der Waals surface area (Å²) >= 11 is 0. The maximum atomic E-state index is 13.0. The molecule has 0 aliphatic carbocycles. The highest BCUT2D eigenvalue weighted by atomic mass is 16.5. The summed E-state index contributed by atoms with van der Waals surface area (Å²) in [7, 11) is 1.50. The molecule has 2 amide bonds. The van der Waals surface area contributed by atoms with Crippen molar-refractivity contribution in [3.63, 3.8) is 0 Å². The number of amides is 2. The fraction of sp³-hybridized carbons (Fsp3) is 0.280. The van der Waals surface area contributed by atoms with E-state index < -0.39 is 24.6 Å². The molecular formula is C25H25N3O5. The number of pyridine rings is 1. The summed E-state index contributed by atoms with van der Waals surface area (Å²) in [5.41, 5.74) is 2.35. The Morgan fingerprint density at radius 3 is 2.64 bits per heavy atom. The molecule has 1 N–H and O–H groups in total. The number of nitrogens with zero attached hydrogens (tertiary/aromatic N) is 2. The molecule has 0 spiro atoms. The van der Waals surface area contributed by atoms with E-state index in [-0.39, 0.29) is 18.4 Å². The molecule has 2 aromatic carbocycles. The molecule has 0 fully saturated rings. The number of esters is 1. The smallest absolute Gasteiger partial charge is 0.339 e. The van der Waals surface area contributed by atoms with Gasteiger partial charge in [0.05, 0.1) is 23.3 Å². The van der Waals surface area contributed by atoms with Gasteiger partial charge in [0.25, 0.3) is 11.8 Å². The zero-order valence-electron chi connectivity index (χ0n) is 18.7. The SMILES string of the molecule is CNC(=O)C1CN(C(=O)COC(=O)c2cc(C(C)C)nc3ccccc23)c2ccccc2O1. The molecule has 0 saturated carbocycles. The molecule has 0 saturated heterocycles. The molecule has 1 unspecified atom stereocenters. The Morgan fingerprint density at radius 1 is 1.15 bits per heavy atom. The Labute approximate surface area is 191 Å². The van der Waals surface area contributed by atoms with E-state index in [4.69, 9.17) is 9.47 Å². The van der Waals surface area contributed by atoms with Gasteiger partial charge in [-0.15, -0.1) is 0 Å². The normalized spacial score (nSPS) is 15.0. The van der Waals surface area contributed by atoms with E-state index in [2.05, 4.69) is 10.3 Å². The van der Waals surface area contributed by atoms with Crippen molar-refractivity contribution in [1.29, 1.82) is 0 Å². The Kier molecular flexibility index (Phi) is 6.26. The van der Waals surface area contributed by atoms with Gasteiger partial charge < -0.3 is 19.7 Å². The molecule has 33 heavy (non-hydrogen) atoms. The number of carbonyl (C=O) groups excluding carboxylic acids is 3. The molecule has 0 bridgehead atoms. The first kappa shape index (κ1) is 22.3. The standard InChI is InChI=1S/C25H25N3O5/c1-15(2)19-12-17(16-8-4-5-9-18(16)27-19)25(31)32-14-23(29)28-13-22(24(30)26-3)33-21-11-7-6-10-20(21)28/h4-12,15,22H,13-14H2,1-3H3,(H,26,30). The lowest BCUT2D eigenvalue weighted by Crippen LogP contribution is -2.51. The van der Waals surface area contributed by atoms with Gasteiger partial charge in [-0.1, -0.05) is 44.2 Å². The number of anilines is 1. The Bertz CT molecular complexity index is 1220. The van der Waals surface area contributed by atoms with Crippen LogP contribution in [0, 0.1) is 0 Å². The summed E-state index contributed by atoms with van der Waals surface area (Å²) < 4.78 is 11.1. The van der Waals surface area contributed by atoms with Gasteiger partial charge in [0.2, 0.25) is 0 Å². The summed E-state index contributed by atoms with van der Waals surface area (Å²) in [5, 5.41) is 3.20. The minimum atomic E-state index is -0.859. The second-order valence-electron chi connectivity index (χ2n) is 8.04. The highest BCUT2D eigenvalue weighted by Crippen LogP contribution is 2.33. The lowest BCUT2D eigenvalue weighted by molar-refractivity contribution is -0.128. The van der Waals surface area contributed by atoms with Gasteiger partial charge in [0.1, 0.15) is 5.75 Å². The highest BCUT2D eigenvalue weighted by molar-refractivity contribution is 6.05. The molecule has 3 aromatic rings. The van der Waals surface area contributed by atoms with Gasteiger partial charge in [-0.05, 0) is 30.2 Å². The number of nitrogens with one attached hydrogen (secondary N) is 1. The molecule has 1 aromatic heterocycles. The molecule has 0 radical (unpaired) electrons. The Hall–Kier alpha value is -3.94. The summed E-state index contributed by atoms with van der Waals surface area (Å²) in [6, 6.07) is 16.0. The van der Waals surface area contributed by atoms with E-state index >= 15 is 0 Å². The third-order valence-electron chi connectivity index (χ3n) is 5.49. The highest BCUT2D eigenvalue weighted by Gasteiger charge is 2.33. The summed E-state index contributed by atoms with van der Waals surface area (Å²) in [6.07, 6.45) is -0.859. The van der Waals surface area contributed by atoms with Crippen LogP contribution in [0.3, 0.4) is 0 Å². The number of hydrogen-bond donors (Lipinski definition) is 1. The zero-order chi connectivity index (χ0) is 23.5. The summed E-state index contributed by atoms with van der Waals surface area (Å²) in [5.74, 6) is -0.861. The molecule has 1 aliphatic heterocycles. The van der Waals surface area contributed by atoms with Crippen molar-refractivity contribution >= 4 is 34.4 Å². The van der Waals surface area contributed by atoms with E-state index in [1.54, 1.807) is 36.4 Å². The average molecular weight is 447 g/mol. The number of benzene rings is 2. The fourth-order valence-electron chi connectivity index (χ4n) is 3.71. The van der Waals surface area contributed by atoms with E-state index in [0.717, 1.165) is 5.69 Å². The van der Waals surface area contributed by atoms with Crippen molar-refractivity contribution in [3.05, 3.63) is 65.9 Å². The van der Waals surface area contributed by atoms with Gasteiger partial charge in [0, 0.05) is 18.1 Å². The van der Waals surface area contributed by atoms with Crippen molar-refractivity contribution in [3.8, 4) is 5.75 Å². The van der Waals surface area contributed by atoms with Crippen LogP contribution in [-0.2, 0) is 14.3 Å². The molecule has 4 rings (SSSR count). The Balaban J connectivity index is 1.56. The largest absolute Gasteiger partial charge is 0.477 e. The molecule has 8 nitrogen and oxygen atoms in total. The number of carbonyl (C=O) groups is 3. The monoisotopic (exact) mass is 447 g/mol. The van der Waals surface area contributed by atoms with Gasteiger partial charge in [-0.2, -0.15) is 0 Å². The average Bonchev–Trinajstić information content (AvgIpc) is 2.85. The topological polar surface area (TPSA) is 97.8 Å². The van der Waals surface area contributed by atoms with Gasteiger partial charge in [-0.3, -0.25) is 14.6 Å². The number of likely N-dealkylation sites (N-methyl/N-ethyl adjacent to an activating group) is 1. The predicted molar refractivity (Wildman–Crippen MR) is 123 cm³/mol. The first-order valence-corrected chi connectivity index (χ1v) is 10.7. The maximum Gasteiger partial charge on any atom is 0.339 e. The molecule has 1 atom stereocenters. The third kappa shape index (κ3) is 4.50. The van der Waals surface area contributed by atoms with E-state index in [9.17, 15) is 14.4 Å². The second-order valence-corrected chi connectivity index (χ2v) is 8.04. The van der Waals surface area contributed by atoms with E-state index in [1.807, 2.05) is 32.0 Å². The van der Waals surface area contributed by atoms with Crippen LogP contribution in [0.4, 0.5) is 5.69 Å². The lowest BCUT2D eigenvalue weighted by Gasteiger charge is -2.33. The maximum absolute atomic E-state index is 13.0. The number of aromatic nitrogens is 1. The van der Waals surface area contributed by atoms with E-state index in [1.165, 1.54) is 11.9 Å². The van der Waals surface area contributed by atoms with Crippen LogP contribution in [-0.4, -0.2) is 49.1 Å². The number of ether oxygens (including phenoxy) is 2. The van der Waals surface area contributed by atoms with Crippen LogP contribution < -0.4 is 15.0 Å². The second kappa shape index (κ2) is 9.28. The van der Waals surface area contributed by atoms with Crippen molar-refractivity contribution < 1.29 is 23.9 Å². The molecule has 1 aliphatic rings. The quantitative estimate of drug-likeness (QED) is 0.604. The number of para-hydroxylation sites is 3. The van der Waals surface area contributed by atoms with Crippen LogP contribution in [0.5, 0.6) is 5.75 Å². The minimum absolute atomic E-state index is 0.0166. The van der Waals surface area contributed by atoms with Crippen LogP contribution in [0.15, 0.2) is 54.6 Å². The molecule has 2 heterocycles. The van der Waals surface area contributed by atoms with Crippen molar-refractivity contribution in [2.45, 2.75) is 25.9 Å². The van der Waals surface area contributed by atoms with Crippen LogP contribution in [0.1, 0.15) is 35.8 Å².